The summed E-state index contributed by atoms with van der Waals surface area (Å²) in [5.41, 5.74) is 1.18. The molecule has 5 heteroatoms. The summed E-state index contributed by atoms with van der Waals surface area (Å²) in [4.78, 5) is 6.62. The molecule has 1 heterocycles. The van der Waals surface area contributed by atoms with Crippen molar-refractivity contribution < 1.29 is 9.47 Å². The first-order valence-electron chi connectivity index (χ1n) is 5.56. The zero-order valence-corrected chi connectivity index (χ0v) is 11.9. The van der Waals surface area contributed by atoms with Gasteiger partial charge in [-0.2, -0.15) is 0 Å². The van der Waals surface area contributed by atoms with E-state index in [2.05, 4.69) is 31.9 Å². The van der Waals surface area contributed by atoms with Gasteiger partial charge in [0.25, 0.3) is 0 Å². The first-order chi connectivity index (χ1) is 8.33. The first-order valence-corrected chi connectivity index (χ1v) is 6.68. The summed E-state index contributed by atoms with van der Waals surface area (Å²) in [5.74, 6) is 0.999. The predicted molar refractivity (Wildman–Crippen MR) is 72.8 cm³/mol. The minimum absolute atomic E-state index is 0.683. The molecule has 0 fully saturated rings. The Labute approximate surface area is 111 Å². The Morgan fingerprint density at radius 1 is 1.24 bits per heavy atom. The molecule has 0 aliphatic carbocycles. The van der Waals surface area contributed by atoms with Gasteiger partial charge >= 0.3 is 0 Å². The fourth-order valence-electron chi connectivity index (χ4n) is 1.55. The highest BCUT2D eigenvalue weighted by atomic mass is 79.9. The lowest BCUT2D eigenvalue weighted by Gasteiger charge is -2.24. The van der Waals surface area contributed by atoms with Gasteiger partial charge in [0, 0.05) is 44.4 Å². The molecule has 1 aromatic heterocycles. The summed E-state index contributed by atoms with van der Waals surface area (Å²) in [6.45, 7) is 3.00. The highest BCUT2D eigenvalue weighted by molar-refractivity contribution is 9.08. The Balaban J connectivity index is 2.78. The molecule has 0 unspecified atom stereocenters. The van der Waals surface area contributed by atoms with E-state index >= 15 is 0 Å². The standard InChI is InChI=1S/C12H19BrN2O2/c1-16-8-6-15(7-9-17-2)12-11(10-13)4-3-5-14-12/h3-5H,6-10H2,1-2H3. The third-order valence-electron chi connectivity index (χ3n) is 2.44. The van der Waals surface area contributed by atoms with Crippen LogP contribution in [0.4, 0.5) is 5.82 Å². The van der Waals surface area contributed by atoms with E-state index in [1.54, 1.807) is 14.2 Å². The van der Waals surface area contributed by atoms with Gasteiger partial charge in [0.2, 0.25) is 0 Å². The number of ether oxygens (including phenoxy) is 2. The summed E-state index contributed by atoms with van der Waals surface area (Å²) < 4.78 is 10.3. The normalized spacial score (nSPS) is 10.5. The van der Waals surface area contributed by atoms with E-state index in [9.17, 15) is 0 Å². The average molecular weight is 303 g/mol. The van der Waals surface area contributed by atoms with Crippen LogP contribution in [0.15, 0.2) is 18.3 Å². The molecule has 0 aliphatic rings. The molecule has 0 bridgehead atoms. The highest BCUT2D eigenvalue weighted by Crippen LogP contribution is 2.19. The Morgan fingerprint density at radius 2 is 1.88 bits per heavy atom. The lowest BCUT2D eigenvalue weighted by atomic mass is 10.2. The summed E-state index contributed by atoms with van der Waals surface area (Å²) in [6.07, 6.45) is 1.81. The number of hydrogen-bond donors (Lipinski definition) is 0. The molecule has 0 amide bonds. The second kappa shape index (κ2) is 8.44. The number of alkyl halides is 1. The van der Waals surface area contributed by atoms with Gasteiger partial charge in [-0.25, -0.2) is 4.98 Å². The fourth-order valence-corrected chi connectivity index (χ4v) is 1.98. The Morgan fingerprint density at radius 3 is 2.41 bits per heavy atom. The van der Waals surface area contributed by atoms with E-state index in [0.29, 0.717) is 13.2 Å². The summed E-state index contributed by atoms with van der Waals surface area (Å²) in [7, 11) is 3.41. The van der Waals surface area contributed by atoms with Crippen LogP contribution in [0.25, 0.3) is 0 Å². The van der Waals surface area contributed by atoms with Gasteiger partial charge in [0.1, 0.15) is 5.82 Å². The number of anilines is 1. The maximum atomic E-state index is 5.13. The van der Waals surface area contributed by atoms with Crippen LogP contribution in [-0.4, -0.2) is 45.5 Å². The van der Waals surface area contributed by atoms with E-state index in [0.717, 1.165) is 24.2 Å². The summed E-state index contributed by atoms with van der Waals surface area (Å²) >= 11 is 3.48. The van der Waals surface area contributed by atoms with Crippen LogP contribution in [0.3, 0.4) is 0 Å². The molecule has 1 aromatic rings. The third-order valence-corrected chi connectivity index (χ3v) is 3.05. The maximum Gasteiger partial charge on any atom is 0.132 e. The Kier molecular flexibility index (Phi) is 7.16. The molecule has 0 atom stereocenters. The minimum atomic E-state index is 0.683. The van der Waals surface area contributed by atoms with Crippen molar-refractivity contribution in [1.29, 1.82) is 0 Å². The smallest absolute Gasteiger partial charge is 0.132 e. The van der Waals surface area contributed by atoms with Gasteiger partial charge < -0.3 is 14.4 Å². The van der Waals surface area contributed by atoms with Crippen molar-refractivity contribution in [2.45, 2.75) is 5.33 Å². The lowest BCUT2D eigenvalue weighted by molar-refractivity contribution is 0.190. The Hall–Kier alpha value is -0.650. The summed E-state index contributed by atoms with van der Waals surface area (Å²) in [6, 6.07) is 4.02. The van der Waals surface area contributed by atoms with Crippen LogP contribution in [0.1, 0.15) is 5.56 Å². The molecular formula is C12H19BrN2O2. The van der Waals surface area contributed by atoms with Crippen molar-refractivity contribution >= 4 is 21.7 Å². The highest BCUT2D eigenvalue weighted by Gasteiger charge is 2.11. The zero-order valence-electron chi connectivity index (χ0n) is 10.4. The largest absolute Gasteiger partial charge is 0.383 e. The topological polar surface area (TPSA) is 34.6 Å². The van der Waals surface area contributed by atoms with Crippen molar-refractivity contribution in [2.24, 2.45) is 0 Å². The van der Waals surface area contributed by atoms with Gasteiger partial charge in [-0.3, -0.25) is 0 Å². The SMILES string of the molecule is COCCN(CCOC)c1ncccc1CBr. The molecule has 0 aliphatic heterocycles. The van der Waals surface area contributed by atoms with E-state index < -0.39 is 0 Å². The van der Waals surface area contributed by atoms with Gasteiger partial charge in [0.05, 0.1) is 13.2 Å². The monoisotopic (exact) mass is 302 g/mol. The van der Waals surface area contributed by atoms with Crippen LogP contribution < -0.4 is 4.90 Å². The number of pyridine rings is 1. The van der Waals surface area contributed by atoms with Crippen LogP contribution in [0.2, 0.25) is 0 Å². The van der Waals surface area contributed by atoms with Crippen molar-refractivity contribution in [3.63, 3.8) is 0 Å². The van der Waals surface area contributed by atoms with Crippen LogP contribution in [-0.2, 0) is 14.8 Å². The summed E-state index contributed by atoms with van der Waals surface area (Å²) in [5, 5.41) is 0.798. The molecule has 0 saturated carbocycles. The Bertz CT molecular complexity index is 315. The molecule has 0 saturated heterocycles. The van der Waals surface area contributed by atoms with Gasteiger partial charge in [-0.15, -0.1) is 0 Å². The number of hydrogen-bond acceptors (Lipinski definition) is 4. The minimum Gasteiger partial charge on any atom is -0.383 e. The van der Waals surface area contributed by atoms with Crippen molar-refractivity contribution in [1.82, 2.24) is 4.98 Å². The number of halogens is 1. The van der Waals surface area contributed by atoms with Gasteiger partial charge in [-0.1, -0.05) is 22.0 Å². The van der Waals surface area contributed by atoms with Crippen molar-refractivity contribution in [3.8, 4) is 0 Å². The number of methoxy groups -OCH3 is 2. The maximum absolute atomic E-state index is 5.13. The van der Waals surface area contributed by atoms with Crippen molar-refractivity contribution in [3.05, 3.63) is 23.9 Å². The number of nitrogens with zero attached hydrogens (tertiary/aromatic N) is 2. The molecule has 96 valence electrons. The zero-order chi connectivity index (χ0) is 12.5. The van der Waals surface area contributed by atoms with Crippen LogP contribution in [0.5, 0.6) is 0 Å². The molecule has 4 nitrogen and oxygen atoms in total. The molecule has 0 N–H and O–H groups in total. The average Bonchev–Trinajstić information content (AvgIpc) is 2.39. The quantitative estimate of drug-likeness (QED) is 0.689. The molecule has 0 aromatic carbocycles. The second-order valence-electron chi connectivity index (χ2n) is 3.59. The fraction of sp³-hybridized carbons (Fsp3) is 0.583. The van der Waals surface area contributed by atoms with E-state index in [1.165, 1.54) is 5.56 Å². The van der Waals surface area contributed by atoms with Gasteiger partial charge in [0.15, 0.2) is 0 Å². The second-order valence-corrected chi connectivity index (χ2v) is 4.15. The lowest BCUT2D eigenvalue weighted by Crippen LogP contribution is -2.32. The number of aromatic nitrogens is 1. The third kappa shape index (κ3) is 4.61. The first kappa shape index (κ1) is 14.4. The molecule has 17 heavy (non-hydrogen) atoms. The molecule has 0 spiro atoms. The number of rotatable bonds is 8. The van der Waals surface area contributed by atoms with Crippen molar-refractivity contribution in [2.75, 3.05) is 45.4 Å². The van der Waals surface area contributed by atoms with Crippen LogP contribution >= 0.6 is 15.9 Å². The molecule has 0 radical (unpaired) electrons. The predicted octanol–water partition coefficient (Wildman–Crippen LogP) is 2.08. The van der Waals surface area contributed by atoms with E-state index in [4.69, 9.17) is 9.47 Å². The molecular weight excluding hydrogens is 284 g/mol. The van der Waals surface area contributed by atoms with Gasteiger partial charge in [-0.05, 0) is 6.07 Å². The van der Waals surface area contributed by atoms with Crippen LogP contribution in [0, 0.1) is 0 Å². The van der Waals surface area contributed by atoms with E-state index in [-0.39, 0.29) is 0 Å². The van der Waals surface area contributed by atoms with E-state index in [1.807, 2.05) is 12.3 Å². The molecule has 1 rings (SSSR count).